The van der Waals surface area contributed by atoms with Gasteiger partial charge in [-0.1, -0.05) is 12.1 Å². The standard InChI is InChI=1S/C20H16N6O3/c1-13(14-4-3-5-18(6-14)26(27)28)29-19-7-15(17-10-22-24(2)11-17)12-25-20(19)16(8-21)9-23-25/h3-7,9-13H,1-2H3/t13-/m1/s1. The van der Waals surface area contributed by atoms with Crippen LogP contribution in [0.1, 0.15) is 24.2 Å². The van der Waals surface area contributed by atoms with Gasteiger partial charge in [0.05, 0.1) is 17.3 Å². The summed E-state index contributed by atoms with van der Waals surface area (Å²) in [5, 5.41) is 29.0. The van der Waals surface area contributed by atoms with E-state index in [-0.39, 0.29) is 5.69 Å². The van der Waals surface area contributed by atoms with Crippen molar-refractivity contribution in [3.05, 3.63) is 76.4 Å². The first-order chi connectivity index (χ1) is 14.0. The number of rotatable bonds is 5. The molecule has 4 aromatic rings. The Hall–Kier alpha value is -4.19. The molecular formula is C20H16N6O3. The van der Waals surface area contributed by atoms with Crippen LogP contribution in [0.3, 0.4) is 0 Å². The average molecular weight is 388 g/mol. The molecule has 9 nitrogen and oxygen atoms in total. The summed E-state index contributed by atoms with van der Waals surface area (Å²) < 4.78 is 9.44. The van der Waals surface area contributed by atoms with E-state index in [0.717, 1.165) is 11.1 Å². The zero-order chi connectivity index (χ0) is 20.5. The first kappa shape index (κ1) is 18.2. The van der Waals surface area contributed by atoms with Crippen molar-refractivity contribution in [1.82, 2.24) is 19.4 Å². The fourth-order valence-corrected chi connectivity index (χ4v) is 3.13. The highest BCUT2D eigenvalue weighted by Crippen LogP contribution is 2.33. The fourth-order valence-electron chi connectivity index (χ4n) is 3.13. The lowest BCUT2D eigenvalue weighted by molar-refractivity contribution is -0.385. The summed E-state index contributed by atoms with van der Waals surface area (Å²) in [7, 11) is 1.82. The van der Waals surface area contributed by atoms with Crippen molar-refractivity contribution in [2.45, 2.75) is 13.0 Å². The number of hydrogen-bond acceptors (Lipinski definition) is 6. The average Bonchev–Trinajstić information content (AvgIpc) is 3.34. The molecule has 0 N–H and O–H groups in total. The van der Waals surface area contributed by atoms with Gasteiger partial charge in [-0.3, -0.25) is 14.8 Å². The number of nitro groups is 1. The molecule has 0 saturated carbocycles. The molecule has 3 heterocycles. The minimum absolute atomic E-state index is 0.00530. The monoisotopic (exact) mass is 388 g/mol. The Morgan fingerprint density at radius 2 is 2.03 bits per heavy atom. The maximum absolute atomic E-state index is 11.1. The quantitative estimate of drug-likeness (QED) is 0.381. The molecule has 3 aromatic heterocycles. The molecule has 0 unspecified atom stereocenters. The Balaban J connectivity index is 1.79. The largest absolute Gasteiger partial charge is 0.484 e. The van der Waals surface area contributed by atoms with Crippen LogP contribution in [-0.2, 0) is 7.05 Å². The van der Waals surface area contributed by atoms with Crippen molar-refractivity contribution in [2.24, 2.45) is 7.05 Å². The van der Waals surface area contributed by atoms with Gasteiger partial charge in [0.1, 0.15) is 29.0 Å². The number of non-ortho nitro benzene ring substituents is 1. The van der Waals surface area contributed by atoms with Crippen LogP contribution in [0.4, 0.5) is 5.69 Å². The summed E-state index contributed by atoms with van der Waals surface area (Å²) in [5.41, 5.74) is 3.26. The number of aryl methyl sites for hydroxylation is 1. The van der Waals surface area contributed by atoms with Gasteiger partial charge < -0.3 is 4.74 Å². The van der Waals surface area contributed by atoms with Crippen LogP contribution >= 0.6 is 0 Å². The zero-order valence-electron chi connectivity index (χ0n) is 15.7. The smallest absolute Gasteiger partial charge is 0.269 e. The van der Waals surface area contributed by atoms with Crippen molar-refractivity contribution >= 4 is 11.2 Å². The normalized spacial score (nSPS) is 11.9. The van der Waals surface area contributed by atoms with Crippen LogP contribution in [-0.4, -0.2) is 24.3 Å². The maximum atomic E-state index is 11.1. The molecule has 0 radical (unpaired) electrons. The Morgan fingerprint density at radius 3 is 2.72 bits per heavy atom. The van der Waals surface area contributed by atoms with Crippen LogP contribution in [0.15, 0.2) is 55.1 Å². The van der Waals surface area contributed by atoms with E-state index in [9.17, 15) is 15.4 Å². The number of nitrogens with zero attached hydrogens (tertiary/aromatic N) is 6. The van der Waals surface area contributed by atoms with Gasteiger partial charge in [0.25, 0.3) is 5.69 Å². The molecule has 9 heteroatoms. The number of ether oxygens (including phenoxy) is 1. The van der Waals surface area contributed by atoms with Crippen LogP contribution in [0.2, 0.25) is 0 Å². The number of pyridine rings is 1. The molecule has 0 saturated heterocycles. The first-order valence-electron chi connectivity index (χ1n) is 8.78. The van der Waals surface area contributed by atoms with E-state index in [1.54, 1.807) is 40.6 Å². The Kier molecular flexibility index (Phi) is 4.44. The van der Waals surface area contributed by atoms with Crippen molar-refractivity contribution in [3.63, 3.8) is 0 Å². The number of hydrogen-bond donors (Lipinski definition) is 0. The maximum Gasteiger partial charge on any atom is 0.269 e. The second kappa shape index (κ2) is 7.09. The van der Waals surface area contributed by atoms with Gasteiger partial charge in [0.15, 0.2) is 0 Å². The molecule has 0 amide bonds. The highest BCUT2D eigenvalue weighted by Gasteiger charge is 2.18. The second-order valence-corrected chi connectivity index (χ2v) is 6.57. The van der Waals surface area contributed by atoms with Gasteiger partial charge in [-0.15, -0.1) is 0 Å². The molecule has 1 aromatic carbocycles. The van der Waals surface area contributed by atoms with Gasteiger partial charge in [-0.25, -0.2) is 4.52 Å². The Morgan fingerprint density at radius 1 is 1.21 bits per heavy atom. The summed E-state index contributed by atoms with van der Waals surface area (Å²) in [6, 6.07) is 10.2. The predicted octanol–water partition coefficient (Wildman–Crippen LogP) is 3.65. The first-order valence-corrected chi connectivity index (χ1v) is 8.78. The van der Waals surface area contributed by atoms with Gasteiger partial charge in [-0.05, 0) is 18.6 Å². The summed E-state index contributed by atoms with van der Waals surface area (Å²) in [6.07, 6.45) is 6.39. The summed E-state index contributed by atoms with van der Waals surface area (Å²) in [6.45, 7) is 1.80. The lowest BCUT2D eigenvalue weighted by Gasteiger charge is -2.17. The number of nitriles is 1. The van der Waals surface area contributed by atoms with E-state index in [0.29, 0.717) is 22.4 Å². The minimum Gasteiger partial charge on any atom is -0.484 e. The van der Waals surface area contributed by atoms with Crippen molar-refractivity contribution in [3.8, 4) is 22.9 Å². The lowest BCUT2D eigenvalue weighted by atomic mass is 10.1. The number of nitro benzene ring substituents is 1. The Labute approximate surface area is 165 Å². The van der Waals surface area contributed by atoms with Crippen molar-refractivity contribution in [2.75, 3.05) is 0 Å². The summed E-state index contributed by atoms with van der Waals surface area (Å²) in [4.78, 5) is 10.6. The molecule has 0 bridgehead atoms. The van der Waals surface area contributed by atoms with E-state index in [1.807, 2.05) is 19.3 Å². The van der Waals surface area contributed by atoms with Crippen LogP contribution in [0.25, 0.3) is 16.6 Å². The van der Waals surface area contributed by atoms with E-state index in [2.05, 4.69) is 16.3 Å². The Bertz CT molecular complexity index is 1270. The summed E-state index contributed by atoms with van der Waals surface area (Å²) in [5.74, 6) is 0.458. The number of benzene rings is 1. The second-order valence-electron chi connectivity index (χ2n) is 6.57. The van der Waals surface area contributed by atoms with Crippen LogP contribution < -0.4 is 4.74 Å². The lowest BCUT2D eigenvalue weighted by Crippen LogP contribution is -2.05. The van der Waals surface area contributed by atoms with E-state index < -0.39 is 11.0 Å². The third-order valence-electron chi connectivity index (χ3n) is 4.59. The molecule has 1 atom stereocenters. The molecule has 0 spiro atoms. The topological polar surface area (TPSA) is 111 Å². The molecular weight excluding hydrogens is 372 g/mol. The van der Waals surface area contributed by atoms with E-state index >= 15 is 0 Å². The zero-order valence-corrected chi connectivity index (χ0v) is 15.7. The van der Waals surface area contributed by atoms with Gasteiger partial charge >= 0.3 is 0 Å². The fraction of sp³-hybridized carbons (Fsp3) is 0.150. The molecule has 0 aliphatic rings. The van der Waals surface area contributed by atoms with Gasteiger partial charge in [0, 0.05) is 42.7 Å². The van der Waals surface area contributed by atoms with Gasteiger partial charge in [-0.2, -0.15) is 15.5 Å². The predicted molar refractivity (Wildman–Crippen MR) is 104 cm³/mol. The molecule has 144 valence electrons. The highest BCUT2D eigenvalue weighted by atomic mass is 16.6. The minimum atomic E-state index is -0.482. The van der Waals surface area contributed by atoms with E-state index in [1.165, 1.54) is 18.3 Å². The molecule has 0 aliphatic heterocycles. The van der Waals surface area contributed by atoms with Crippen molar-refractivity contribution < 1.29 is 9.66 Å². The number of fused-ring (bicyclic) bond motifs is 1. The molecule has 0 aliphatic carbocycles. The molecule has 29 heavy (non-hydrogen) atoms. The van der Waals surface area contributed by atoms with Crippen molar-refractivity contribution in [1.29, 1.82) is 5.26 Å². The highest BCUT2D eigenvalue weighted by molar-refractivity contribution is 5.75. The van der Waals surface area contributed by atoms with Crippen LogP contribution in [0, 0.1) is 21.4 Å². The molecule has 0 fully saturated rings. The third-order valence-corrected chi connectivity index (χ3v) is 4.59. The third kappa shape index (κ3) is 3.39. The SMILES string of the molecule is C[C@@H](Oc1cc(-c2cnn(C)c2)cn2ncc(C#N)c12)c1cccc([N+](=O)[O-])c1. The number of aromatic nitrogens is 4. The summed E-state index contributed by atoms with van der Waals surface area (Å²) >= 11 is 0. The van der Waals surface area contributed by atoms with E-state index in [4.69, 9.17) is 4.74 Å². The molecule has 4 rings (SSSR count). The van der Waals surface area contributed by atoms with Gasteiger partial charge in [0.2, 0.25) is 0 Å². The van der Waals surface area contributed by atoms with Crippen LogP contribution in [0.5, 0.6) is 5.75 Å².